The van der Waals surface area contributed by atoms with Crippen molar-refractivity contribution in [2.45, 2.75) is 132 Å². The second-order valence-electron chi connectivity index (χ2n) is 10.0. The van der Waals surface area contributed by atoms with Gasteiger partial charge in [0.25, 0.3) is 0 Å². The zero-order chi connectivity index (χ0) is 29.5. The van der Waals surface area contributed by atoms with Gasteiger partial charge in [0, 0.05) is 6.20 Å². The maximum absolute atomic E-state index is 11.1. The van der Waals surface area contributed by atoms with Crippen LogP contribution in [0.15, 0.2) is 48.7 Å². The van der Waals surface area contributed by atoms with Gasteiger partial charge in [0.05, 0.1) is 11.3 Å². The van der Waals surface area contributed by atoms with E-state index in [1.165, 1.54) is 81.4 Å². The van der Waals surface area contributed by atoms with Gasteiger partial charge in [0.1, 0.15) is 0 Å². The summed E-state index contributed by atoms with van der Waals surface area (Å²) in [4.78, 5) is 15.3. The minimum absolute atomic E-state index is 0.265. The summed E-state index contributed by atoms with van der Waals surface area (Å²) in [6, 6.07) is 7.70. The standard InChI is InChI=1S/C24H27NO2.C7H16.C3H8.C2H6/c1-17-12-13-19(22-11-7-6-10-21(17)22)9-5-3-4-8-18(2)23-16-20(24(26)27)14-15-25-23;1-3-5-7-6-4-2;1-3-2;1-2/h3-4,8,12-16H,5-7,9-11H2,1-2H3,(H,26,27);3-7H2,1-2H3;3H2,1-2H3;1-2H3/b4-3-,18-8+;;;. The smallest absolute Gasteiger partial charge is 0.335 e. The highest BCUT2D eigenvalue weighted by atomic mass is 16.4. The Labute approximate surface area is 240 Å². The number of aryl methyl sites for hydroxylation is 2. The number of aromatic nitrogens is 1. The molecule has 0 radical (unpaired) electrons. The second-order valence-corrected chi connectivity index (χ2v) is 10.0. The molecule has 218 valence electrons. The van der Waals surface area contributed by atoms with Gasteiger partial charge in [-0.3, -0.25) is 4.98 Å². The van der Waals surface area contributed by atoms with Crippen molar-refractivity contribution in [3.63, 3.8) is 0 Å². The van der Waals surface area contributed by atoms with Crippen molar-refractivity contribution in [1.29, 1.82) is 0 Å². The van der Waals surface area contributed by atoms with Crippen molar-refractivity contribution in [2.75, 3.05) is 0 Å². The predicted octanol–water partition coefficient (Wildman–Crippen LogP) is 11.0. The van der Waals surface area contributed by atoms with Crippen molar-refractivity contribution >= 4 is 11.5 Å². The number of fused-ring (bicyclic) bond motifs is 1. The van der Waals surface area contributed by atoms with Crippen molar-refractivity contribution in [3.8, 4) is 0 Å². The lowest BCUT2D eigenvalue weighted by molar-refractivity contribution is 0.0696. The van der Waals surface area contributed by atoms with Crippen LogP contribution in [0.25, 0.3) is 5.57 Å². The molecule has 1 aromatic carbocycles. The SMILES string of the molecule is C/C(=C\C=C/CCc1ccc(C)c2c1CCCC2)c1cc(C(=O)O)ccn1.CC.CCC.CCCCCCC. The Morgan fingerprint density at radius 3 is 2.15 bits per heavy atom. The minimum atomic E-state index is -0.927. The van der Waals surface area contributed by atoms with Crippen LogP contribution in [0.2, 0.25) is 0 Å². The highest BCUT2D eigenvalue weighted by Gasteiger charge is 2.14. The number of pyridine rings is 1. The molecule has 1 aliphatic carbocycles. The van der Waals surface area contributed by atoms with Gasteiger partial charge in [-0.1, -0.05) is 110 Å². The molecule has 0 spiro atoms. The zero-order valence-corrected chi connectivity index (χ0v) is 26.4. The molecule has 0 amide bonds. The summed E-state index contributed by atoms with van der Waals surface area (Å²) in [7, 11) is 0. The summed E-state index contributed by atoms with van der Waals surface area (Å²) < 4.78 is 0. The van der Waals surface area contributed by atoms with Crippen LogP contribution in [0.3, 0.4) is 0 Å². The Kier molecular flexibility index (Phi) is 21.6. The first-order chi connectivity index (χ1) is 18.9. The molecule has 2 aromatic rings. The third kappa shape index (κ3) is 14.9. The fraction of sp³-hybridized carbons (Fsp3) is 0.556. The van der Waals surface area contributed by atoms with Crippen LogP contribution in [0.4, 0.5) is 0 Å². The van der Waals surface area contributed by atoms with E-state index in [-0.39, 0.29) is 5.56 Å². The largest absolute Gasteiger partial charge is 0.478 e. The second kappa shape index (κ2) is 23.2. The van der Waals surface area contributed by atoms with E-state index in [1.807, 2.05) is 32.9 Å². The first-order valence-corrected chi connectivity index (χ1v) is 15.5. The van der Waals surface area contributed by atoms with Crippen molar-refractivity contribution in [2.24, 2.45) is 0 Å². The van der Waals surface area contributed by atoms with Crippen LogP contribution in [-0.2, 0) is 19.3 Å². The van der Waals surface area contributed by atoms with E-state index < -0.39 is 5.97 Å². The van der Waals surface area contributed by atoms with E-state index in [9.17, 15) is 4.79 Å². The topological polar surface area (TPSA) is 50.2 Å². The van der Waals surface area contributed by atoms with Gasteiger partial charge in [0.15, 0.2) is 0 Å². The lowest BCUT2D eigenvalue weighted by Gasteiger charge is -2.21. The fourth-order valence-corrected chi connectivity index (χ4v) is 4.44. The molecular weight excluding hydrogens is 478 g/mol. The van der Waals surface area contributed by atoms with Gasteiger partial charge >= 0.3 is 5.97 Å². The molecule has 0 unspecified atom stereocenters. The Bertz CT molecular complexity index is 984. The van der Waals surface area contributed by atoms with Crippen molar-refractivity contribution < 1.29 is 9.90 Å². The molecule has 0 aliphatic heterocycles. The highest BCUT2D eigenvalue weighted by molar-refractivity contribution is 5.88. The van der Waals surface area contributed by atoms with Gasteiger partial charge in [-0.05, 0) is 92.3 Å². The molecule has 0 atom stereocenters. The summed E-state index contributed by atoms with van der Waals surface area (Å²) in [5.41, 5.74) is 8.05. The average molecular weight is 536 g/mol. The Balaban J connectivity index is 0.00000102. The molecule has 0 saturated heterocycles. The van der Waals surface area contributed by atoms with Gasteiger partial charge in [-0.2, -0.15) is 0 Å². The molecule has 1 aromatic heterocycles. The molecule has 3 rings (SSSR count). The van der Waals surface area contributed by atoms with E-state index in [4.69, 9.17) is 5.11 Å². The van der Waals surface area contributed by atoms with Crippen molar-refractivity contribution in [1.82, 2.24) is 4.98 Å². The highest BCUT2D eigenvalue weighted by Crippen LogP contribution is 2.28. The van der Waals surface area contributed by atoms with Crippen LogP contribution in [0.5, 0.6) is 0 Å². The third-order valence-corrected chi connectivity index (χ3v) is 6.55. The molecule has 0 bridgehead atoms. The zero-order valence-electron chi connectivity index (χ0n) is 26.4. The summed E-state index contributed by atoms with van der Waals surface area (Å²) in [5.74, 6) is -0.927. The van der Waals surface area contributed by atoms with E-state index in [1.54, 1.807) is 23.4 Å². The van der Waals surface area contributed by atoms with Crippen molar-refractivity contribution in [3.05, 3.63) is 82.2 Å². The van der Waals surface area contributed by atoms with Crippen LogP contribution in [0, 0.1) is 6.92 Å². The number of hydrogen-bond acceptors (Lipinski definition) is 2. The molecule has 0 saturated carbocycles. The van der Waals surface area contributed by atoms with Gasteiger partial charge in [-0.25, -0.2) is 4.79 Å². The first-order valence-electron chi connectivity index (χ1n) is 15.5. The lowest BCUT2D eigenvalue weighted by atomic mass is 9.84. The number of carboxylic acid groups (broad SMARTS) is 1. The number of carbonyl (C=O) groups is 1. The fourth-order valence-electron chi connectivity index (χ4n) is 4.44. The third-order valence-electron chi connectivity index (χ3n) is 6.55. The minimum Gasteiger partial charge on any atom is -0.478 e. The summed E-state index contributed by atoms with van der Waals surface area (Å²) in [6.45, 7) is 16.9. The number of carboxylic acids is 1. The molecule has 3 nitrogen and oxygen atoms in total. The number of benzene rings is 1. The molecule has 3 heteroatoms. The molecule has 1 N–H and O–H groups in total. The number of aromatic carboxylic acids is 1. The predicted molar refractivity (Wildman–Crippen MR) is 172 cm³/mol. The summed E-state index contributed by atoms with van der Waals surface area (Å²) in [6.07, 6.45) is 23.2. The lowest BCUT2D eigenvalue weighted by Crippen LogP contribution is -2.08. The number of allylic oxidation sites excluding steroid dienone is 4. The summed E-state index contributed by atoms with van der Waals surface area (Å²) in [5, 5.41) is 9.09. The Hall–Kier alpha value is -2.68. The maximum Gasteiger partial charge on any atom is 0.335 e. The van der Waals surface area contributed by atoms with E-state index in [2.05, 4.69) is 57.8 Å². The molecule has 0 fully saturated rings. The summed E-state index contributed by atoms with van der Waals surface area (Å²) >= 11 is 0. The number of rotatable bonds is 10. The Morgan fingerprint density at radius 1 is 0.949 bits per heavy atom. The first kappa shape index (κ1) is 36.3. The molecule has 39 heavy (non-hydrogen) atoms. The van der Waals surface area contributed by atoms with E-state index in [0.29, 0.717) is 5.69 Å². The number of hydrogen-bond donors (Lipinski definition) is 1. The van der Waals surface area contributed by atoms with Gasteiger partial charge in [-0.15, -0.1) is 0 Å². The van der Waals surface area contributed by atoms with E-state index >= 15 is 0 Å². The molecule has 1 heterocycles. The van der Waals surface area contributed by atoms with Crippen LogP contribution in [0.1, 0.15) is 145 Å². The van der Waals surface area contributed by atoms with Gasteiger partial charge in [0.2, 0.25) is 0 Å². The number of unbranched alkanes of at least 4 members (excludes halogenated alkanes) is 4. The monoisotopic (exact) mass is 535 g/mol. The Morgan fingerprint density at radius 2 is 1.56 bits per heavy atom. The quantitative estimate of drug-likeness (QED) is 0.243. The van der Waals surface area contributed by atoms with Crippen LogP contribution >= 0.6 is 0 Å². The van der Waals surface area contributed by atoms with Crippen LogP contribution in [-0.4, -0.2) is 16.1 Å². The van der Waals surface area contributed by atoms with Crippen LogP contribution < -0.4 is 0 Å². The maximum atomic E-state index is 11.1. The van der Waals surface area contributed by atoms with Gasteiger partial charge < -0.3 is 5.11 Å². The normalized spacial score (nSPS) is 12.3. The number of nitrogens with zero attached hydrogens (tertiary/aromatic N) is 1. The van der Waals surface area contributed by atoms with E-state index in [0.717, 1.165) is 18.4 Å². The molecule has 1 aliphatic rings. The molecular formula is C36H57NO2. The average Bonchev–Trinajstić information content (AvgIpc) is 2.96.